The summed E-state index contributed by atoms with van der Waals surface area (Å²) in [4.78, 5) is 25.3. The Hall–Kier alpha value is -2.24. The Kier molecular flexibility index (Phi) is 4.12. The zero-order valence-electron chi connectivity index (χ0n) is 11.6. The molecule has 0 atom stereocenters. The Morgan fingerprint density at radius 2 is 2.10 bits per heavy atom. The average Bonchev–Trinajstić information content (AvgIpc) is 3.28. The number of benzene rings is 1. The quantitative estimate of drug-likeness (QED) is 0.643. The highest BCUT2D eigenvalue weighted by Gasteiger charge is 2.30. The minimum Gasteiger partial charge on any atom is -0.495 e. The maximum absolute atomic E-state index is 11.9. The number of esters is 1. The van der Waals surface area contributed by atoms with Crippen molar-refractivity contribution in [2.75, 3.05) is 26.5 Å². The molecule has 0 aromatic heterocycles. The number of hydrogen-bond acceptors (Lipinski definition) is 5. The average molecular weight is 278 g/mol. The zero-order chi connectivity index (χ0) is 14.7. The van der Waals surface area contributed by atoms with Crippen LogP contribution in [0.15, 0.2) is 18.2 Å². The van der Waals surface area contributed by atoms with Gasteiger partial charge in [0.2, 0.25) is 0 Å². The number of nitrogen functional groups attached to an aromatic ring is 1. The van der Waals surface area contributed by atoms with E-state index in [1.807, 2.05) is 0 Å². The molecule has 0 aliphatic heterocycles. The van der Waals surface area contributed by atoms with Gasteiger partial charge in [-0.05, 0) is 25.0 Å². The van der Waals surface area contributed by atoms with Crippen LogP contribution in [0.5, 0.6) is 5.75 Å². The van der Waals surface area contributed by atoms with Gasteiger partial charge in [0.1, 0.15) is 5.75 Å². The predicted molar refractivity (Wildman–Crippen MR) is 73.5 cm³/mol. The first-order valence-electron chi connectivity index (χ1n) is 6.40. The summed E-state index contributed by atoms with van der Waals surface area (Å²) in [5, 5.41) is 0. The molecule has 0 unspecified atom stereocenters. The number of hydrogen-bond donors (Lipinski definition) is 1. The second kappa shape index (κ2) is 5.81. The Bertz CT molecular complexity index is 526. The molecule has 0 spiro atoms. The summed E-state index contributed by atoms with van der Waals surface area (Å²) in [5.74, 6) is -0.429. The van der Waals surface area contributed by atoms with Crippen molar-refractivity contribution in [2.24, 2.45) is 0 Å². The van der Waals surface area contributed by atoms with Crippen LogP contribution in [0.25, 0.3) is 0 Å². The van der Waals surface area contributed by atoms with E-state index in [1.165, 1.54) is 13.2 Å². The van der Waals surface area contributed by atoms with Gasteiger partial charge in [0.05, 0.1) is 18.4 Å². The van der Waals surface area contributed by atoms with E-state index in [9.17, 15) is 9.59 Å². The first-order valence-corrected chi connectivity index (χ1v) is 6.40. The zero-order valence-corrected chi connectivity index (χ0v) is 11.6. The molecule has 20 heavy (non-hydrogen) atoms. The fourth-order valence-electron chi connectivity index (χ4n) is 1.87. The van der Waals surface area contributed by atoms with Crippen molar-refractivity contribution in [3.05, 3.63) is 23.8 Å². The lowest BCUT2D eigenvalue weighted by Crippen LogP contribution is -2.33. The molecule has 0 saturated heterocycles. The van der Waals surface area contributed by atoms with E-state index in [4.69, 9.17) is 15.2 Å². The van der Waals surface area contributed by atoms with Gasteiger partial charge in [-0.25, -0.2) is 4.79 Å². The molecule has 1 fully saturated rings. The monoisotopic (exact) mass is 278 g/mol. The third-order valence-corrected chi connectivity index (χ3v) is 3.32. The molecule has 1 aliphatic carbocycles. The topological polar surface area (TPSA) is 81.9 Å². The second-order valence-electron chi connectivity index (χ2n) is 4.73. The molecular formula is C14H18N2O4. The normalized spacial score (nSPS) is 13.7. The molecule has 6 nitrogen and oxygen atoms in total. The van der Waals surface area contributed by atoms with Crippen LogP contribution in [0.4, 0.5) is 5.69 Å². The van der Waals surface area contributed by atoms with Crippen LogP contribution in [-0.4, -0.2) is 43.6 Å². The van der Waals surface area contributed by atoms with E-state index in [0.29, 0.717) is 11.8 Å². The van der Waals surface area contributed by atoms with Gasteiger partial charge < -0.3 is 20.1 Å². The number of nitrogens with two attached hydrogens (primary N) is 1. The number of nitrogens with zero attached hydrogens (tertiary/aromatic N) is 1. The summed E-state index contributed by atoms with van der Waals surface area (Å²) in [5.41, 5.74) is 6.21. The van der Waals surface area contributed by atoms with Crippen LogP contribution in [0.3, 0.4) is 0 Å². The molecule has 2 N–H and O–H groups in total. The maximum atomic E-state index is 11.9. The van der Waals surface area contributed by atoms with Crippen LogP contribution in [0.2, 0.25) is 0 Å². The van der Waals surface area contributed by atoms with Crippen molar-refractivity contribution in [2.45, 2.75) is 18.9 Å². The maximum Gasteiger partial charge on any atom is 0.340 e. The smallest absolute Gasteiger partial charge is 0.340 e. The van der Waals surface area contributed by atoms with E-state index in [2.05, 4.69) is 0 Å². The number of methoxy groups -OCH3 is 1. The van der Waals surface area contributed by atoms with Gasteiger partial charge in [0.15, 0.2) is 6.61 Å². The summed E-state index contributed by atoms with van der Waals surface area (Å²) in [6.07, 6.45) is 2.03. The van der Waals surface area contributed by atoms with Gasteiger partial charge in [-0.2, -0.15) is 0 Å². The fraction of sp³-hybridized carbons (Fsp3) is 0.429. The number of amides is 1. The lowest BCUT2D eigenvalue weighted by atomic mass is 10.1. The van der Waals surface area contributed by atoms with Crippen LogP contribution in [0.1, 0.15) is 23.2 Å². The summed E-state index contributed by atoms with van der Waals surface area (Å²) in [7, 11) is 3.18. The molecule has 1 saturated carbocycles. The summed E-state index contributed by atoms with van der Waals surface area (Å²) < 4.78 is 10.0. The predicted octanol–water partition coefficient (Wildman–Crippen LogP) is 1.05. The lowest BCUT2D eigenvalue weighted by Gasteiger charge is -2.16. The Balaban J connectivity index is 1.96. The highest BCUT2D eigenvalue weighted by atomic mass is 16.5. The highest BCUT2D eigenvalue weighted by Crippen LogP contribution is 2.26. The number of para-hydroxylation sites is 1. The molecule has 1 amide bonds. The van der Waals surface area contributed by atoms with E-state index in [1.54, 1.807) is 24.1 Å². The molecule has 0 heterocycles. The van der Waals surface area contributed by atoms with Gasteiger partial charge in [0, 0.05) is 13.1 Å². The fourth-order valence-corrected chi connectivity index (χ4v) is 1.87. The van der Waals surface area contributed by atoms with E-state index >= 15 is 0 Å². The number of carbonyl (C=O) groups is 2. The van der Waals surface area contributed by atoms with E-state index in [0.717, 1.165) is 12.8 Å². The molecule has 2 rings (SSSR count). The molecule has 1 aromatic rings. The van der Waals surface area contributed by atoms with Crippen LogP contribution >= 0.6 is 0 Å². The van der Waals surface area contributed by atoms with Gasteiger partial charge in [-0.3, -0.25) is 4.79 Å². The van der Waals surface area contributed by atoms with Gasteiger partial charge in [0.25, 0.3) is 5.91 Å². The number of anilines is 1. The largest absolute Gasteiger partial charge is 0.495 e. The number of likely N-dealkylation sites (N-methyl/N-ethyl adjacent to an activating group) is 1. The molecular weight excluding hydrogens is 260 g/mol. The molecule has 0 bridgehead atoms. The molecule has 108 valence electrons. The minimum absolute atomic E-state index is 0.200. The Labute approximate surface area is 117 Å². The first-order chi connectivity index (χ1) is 9.54. The third kappa shape index (κ3) is 3.01. The van der Waals surface area contributed by atoms with Crippen molar-refractivity contribution in [3.63, 3.8) is 0 Å². The Morgan fingerprint density at radius 1 is 1.40 bits per heavy atom. The van der Waals surface area contributed by atoms with Crippen molar-refractivity contribution >= 4 is 17.6 Å². The number of rotatable bonds is 5. The van der Waals surface area contributed by atoms with Crippen molar-refractivity contribution in [1.82, 2.24) is 4.90 Å². The SMILES string of the molecule is COc1cccc(C(=O)OCC(=O)N(C)C2CC2)c1N. The van der Waals surface area contributed by atoms with Crippen molar-refractivity contribution in [3.8, 4) is 5.75 Å². The van der Waals surface area contributed by atoms with Gasteiger partial charge in [-0.15, -0.1) is 0 Å². The third-order valence-electron chi connectivity index (χ3n) is 3.32. The summed E-state index contributed by atoms with van der Waals surface area (Å²) >= 11 is 0. The van der Waals surface area contributed by atoms with Crippen LogP contribution < -0.4 is 10.5 Å². The molecule has 1 aliphatic rings. The standard InChI is InChI=1S/C14H18N2O4/c1-16(9-6-7-9)12(17)8-20-14(18)10-4-3-5-11(19-2)13(10)15/h3-5,9H,6-8,15H2,1-2H3. The van der Waals surface area contributed by atoms with Gasteiger partial charge in [-0.1, -0.05) is 6.07 Å². The number of carbonyl (C=O) groups excluding carboxylic acids is 2. The molecule has 0 radical (unpaired) electrons. The minimum atomic E-state index is -0.626. The first kappa shape index (κ1) is 14.2. The Morgan fingerprint density at radius 3 is 2.70 bits per heavy atom. The van der Waals surface area contributed by atoms with Crippen LogP contribution in [-0.2, 0) is 9.53 Å². The van der Waals surface area contributed by atoms with Crippen molar-refractivity contribution < 1.29 is 19.1 Å². The highest BCUT2D eigenvalue weighted by molar-refractivity contribution is 5.97. The van der Waals surface area contributed by atoms with Crippen LogP contribution in [0, 0.1) is 0 Å². The number of ether oxygens (including phenoxy) is 2. The van der Waals surface area contributed by atoms with Gasteiger partial charge >= 0.3 is 5.97 Å². The lowest BCUT2D eigenvalue weighted by molar-refractivity contribution is -0.133. The van der Waals surface area contributed by atoms with Crippen molar-refractivity contribution in [1.29, 1.82) is 0 Å². The summed E-state index contributed by atoms with van der Waals surface area (Å²) in [6, 6.07) is 5.13. The second-order valence-corrected chi connectivity index (χ2v) is 4.73. The summed E-state index contributed by atoms with van der Waals surface area (Å²) in [6.45, 7) is -0.275. The molecule has 1 aromatic carbocycles. The van der Waals surface area contributed by atoms with E-state index in [-0.39, 0.29) is 23.8 Å². The molecule has 6 heteroatoms. The van der Waals surface area contributed by atoms with E-state index < -0.39 is 5.97 Å².